The van der Waals surface area contributed by atoms with E-state index in [1.807, 2.05) is 45.0 Å². The van der Waals surface area contributed by atoms with Gasteiger partial charge in [-0.25, -0.2) is 0 Å². The second-order valence-electron chi connectivity index (χ2n) is 6.55. The molecule has 0 bridgehead atoms. The minimum atomic E-state index is -0.00611. The number of piperidine rings is 1. The van der Waals surface area contributed by atoms with Gasteiger partial charge >= 0.3 is 0 Å². The van der Waals surface area contributed by atoms with E-state index in [-0.39, 0.29) is 36.4 Å². The van der Waals surface area contributed by atoms with Gasteiger partial charge < -0.3 is 15.4 Å². The number of carbonyl (C=O) groups is 1. The van der Waals surface area contributed by atoms with Crippen molar-refractivity contribution in [3.8, 4) is 5.75 Å². The van der Waals surface area contributed by atoms with Crippen LogP contribution >= 0.6 is 12.4 Å². The normalized spacial score (nSPS) is 22.1. The molecule has 2 rings (SSSR count). The summed E-state index contributed by atoms with van der Waals surface area (Å²) in [6.45, 7) is 9.10. The third kappa shape index (κ3) is 6.04. The number of hydrogen-bond donors (Lipinski definition) is 2. The lowest BCUT2D eigenvalue weighted by atomic mass is 9.92. The van der Waals surface area contributed by atoms with Crippen LogP contribution in [0.15, 0.2) is 24.3 Å². The predicted molar refractivity (Wildman–Crippen MR) is 96.2 cm³/mol. The van der Waals surface area contributed by atoms with Crippen LogP contribution in [0.25, 0.3) is 0 Å². The summed E-state index contributed by atoms with van der Waals surface area (Å²) in [6.07, 6.45) is 1.98. The molecular weight excluding hydrogens is 312 g/mol. The predicted octanol–water partition coefficient (Wildman–Crippen LogP) is 3.46. The van der Waals surface area contributed by atoms with Gasteiger partial charge in [0.15, 0.2) is 0 Å². The molecule has 23 heavy (non-hydrogen) atoms. The van der Waals surface area contributed by atoms with Crippen molar-refractivity contribution in [1.29, 1.82) is 0 Å². The van der Waals surface area contributed by atoms with E-state index < -0.39 is 0 Å². The van der Waals surface area contributed by atoms with E-state index in [1.165, 1.54) is 0 Å². The van der Waals surface area contributed by atoms with E-state index in [0.29, 0.717) is 6.04 Å². The standard InChI is InChI=1S/C18H28N2O2.ClH/c1-12(2)22-17-7-5-6-15(11-17)14(4)20-18(21)16-8-9-19-13(3)10-16;/h5-7,11-14,16,19H,8-10H2,1-4H3,(H,20,21);1H/t13-,14?,16-;/m0./s1. The lowest BCUT2D eigenvalue weighted by Gasteiger charge is -2.28. The van der Waals surface area contributed by atoms with Gasteiger partial charge in [0.25, 0.3) is 0 Å². The van der Waals surface area contributed by atoms with Gasteiger partial charge in [0.1, 0.15) is 5.75 Å². The summed E-state index contributed by atoms with van der Waals surface area (Å²) in [4.78, 5) is 12.4. The third-order valence-electron chi connectivity index (χ3n) is 4.08. The van der Waals surface area contributed by atoms with Gasteiger partial charge in [0.2, 0.25) is 5.91 Å². The molecule has 0 spiro atoms. The van der Waals surface area contributed by atoms with Gasteiger partial charge in [-0.3, -0.25) is 4.79 Å². The van der Waals surface area contributed by atoms with Gasteiger partial charge in [-0.15, -0.1) is 12.4 Å². The van der Waals surface area contributed by atoms with Crippen molar-refractivity contribution in [2.75, 3.05) is 6.54 Å². The van der Waals surface area contributed by atoms with Crippen LogP contribution in [0.1, 0.15) is 52.1 Å². The maximum atomic E-state index is 12.4. The summed E-state index contributed by atoms with van der Waals surface area (Å²) in [6, 6.07) is 8.38. The van der Waals surface area contributed by atoms with E-state index >= 15 is 0 Å². The van der Waals surface area contributed by atoms with Gasteiger partial charge in [0.05, 0.1) is 12.1 Å². The Balaban J connectivity index is 0.00000264. The molecule has 5 heteroatoms. The van der Waals surface area contributed by atoms with E-state index in [9.17, 15) is 4.79 Å². The van der Waals surface area contributed by atoms with Crippen molar-refractivity contribution in [3.63, 3.8) is 0 Å². The van der Waals surface area contributed by atoms with E-state index in [4.69, 9.17) is 4.74 Å². The summed E-state index contributed by atoms with van der Waals surface area (Å²) in [5.74, 6) is 1.13. The quantitative estimate of drug-likeness (QED) is 0.863. The number of amides is 1. The molecule has 1 aromatic rings. The molecule has 130 valence electrons. The molecule has 0 aliphatic carbocycles. The van der Waals surface area contributed by atoms with E-state index in [2.05, 4.69) is 17.6 Å². The highest BCUT2D eigenvalue weighted by Gasteiger charge is 2.25. The van der Waals surface area contributed by atoms with Crippen LogP contribution in [-0.4, -0.2) is 24.6 Å². The maximum Gasteiger partial charge on any atom is 0.223 e. The fourth-order valence-electron chi connectivity index (χ4n) is 2.91. The monoisotopic (exact) mass is 340 g/mol. The average molecular weight is 341 g/mol. The molecule has 0 saturated carbocycles. The van der Waals surface area contributed by atoms with E-state index in [0.717, 1.165) is 30.7 Å². The molecule has 1 amide bonds. The van der Waals surface area contributed by atoms with Crippen LogP contribution in [0.2, 0.25) is 0 Å². The Morgan fingerprint density at radius 3 is 2.74 bits per heavy atom. The molecule has 1 aliphatic rings. The second-order valence-corrected chi connectivity index (χ2v) is 6.55. The Morgan fingerprint density at radius 1 is 1.35 bits per heavy atom. The van der Waals surface area contributed by atoms with Crippen LogP contribution in [0.4, 0.5) is 0 Å². The molecule has 1 aliphatic heterocycles. The Kier molecular flexibility index (Phi) is 7.86. The minimum Gasteiger partial charge on any atom is -0.491 e. The third-order valence-corrected chi connectivity index (χ3v) is 4.08. The topological polar surface area (TPSA) is 50.4 Å². The molecule has 0 aromatic heterocycles. The van der Waals surface area contributed by atoms with E-state index in [1.54, 1.807) is 0 Å². The van der Waals surface area contributed by atoms with Crippen LogP contribution < -0.4 is 15.4 Å². The fourth-order valence-corrected chi connectivity index (χ4v) is 2.91. The first-order chi connectivity index (χ1) is 10.5. The van der Waals surface area contributed by atoms with Crippen molar-refractivity contribution >= 4 is 18.3 Å². The van der Waals surface area contributed by atoms with Crippen molar-refractivity contribution in [3.05, 3.63) is 29.8 Å². The zero-order valence-electron chi connectivity index (χ0n) is 14.5. The summed E-state index contributed by atoms with van der Waals surface area (Å²) >= 11 is 0. The maximum absolute atomic E-state index is 12.4. The second kappa shape index (κ2) is 9.14. The summed E-state index contributed by atoms with van der Waals surface area (Å²) in [5.41, 5.74) is 1.08. The van der Waals surface area contributed by atoms with Gasteiger partial charge in [-0.2, -0.15) is 0 Å². The first-order valence-corrected chi connectivity index (χ1v) is 8.26. The number of benzene rings is 1. The highest BCUT2D eigenvalue weighted by molar-refractivity contribution is 5.85. The molecular formula is C18H29ClN2O2. The largest absolute Gasteiger partial charge is 0.491 e. The zero-order chi connectivity index (χ0) is 16.1. The number of ether oxygens (including phenoxy) is 1. The van der Waals surface area contributed by atoms with Crippen molar-refractivity contribution in [2.24, 2.45) is 5.92 Å². The molecule has 1 unspecified atom stereocenters. The fraction of sp³-hybridized carbons (Fsp3) is 0.611. The SMILES string of the molecule is CC(C)Oc1cccc(C(C)NC(=O)[C@H]2CCN[C@@H](C)C2)c1.Cl. The number of nitrogens with one attached hydrogen (secondary N) is 2. The Bertz CT molecular complexity index is 508. The summed E-state index contributed by atoms with van der Waals surface area (Å²) in [7, 11) is 0. The number of carbonyl (C=O) groups excluding carboxylic acids is 1. The van der Waals surface area contributed by atoms with Crippen LogP contribution in [-0.2, 0) is 4.79 Å². The van der Waals surface area contributed by atoms with Gasteiger partial charge in [-0.05, 0) is 64.8 Å². The smallest absolute Gasteiger partial charge is 0.223 e. The first-order valence-electron chi connectivity index (χ1n) is 8.26. The molecule has 4 nitrogen and oxygen atoms in total. The van der Waals surface area contributed by atoms with Crippen molar-refractivity contribution in [1.82, 2.24) is 10.6 Å². The molecule has 0 radical (unpaired) electrons. The van der Waals surface area contributed by atoms with Crippen LogP contribution in [0.3, 0.4) is 0 Å². The average Bonchev–Trinajstić information content (AvgIpc) is 2.46. The van der Waals surface area contributed by atoms with Crippen molar-refractivity contribution in [2.45, 2.75) is 58.7 Å². The van der Waals surface area contributed by atoms with Gasteiger partial charge in [0, 0.05) is 12.0 Å². The number of rotatable bonds is 5. The van der Waals surface area contributed by atoms with Crippen molar-refractivity contribution < 1.29 is 9.53 Å². The molecule has 1 aromatic carbocycles. The van der Waals surface area contributed by atoms with Crippen LogP contribution in [0, 0.1) is 5.92 Å². The van der Waals surface area contributed by atoms with Gasteiger partial charge in [-0.1, -0.05) is 12.1 Å². The molecule has 1 fully saturated rings. The highest BCUT2D eigenvalue weighted by atomic mass is 35.5. The Labute approximate surface area is 145 Å². The van der Waals surface area contributed by atoms with Crippen LogP contribution in [0.5, 0.6) is 5.75 Å². The number of hydrogen-bond acceptors (Lipinski definition) is 3. The first kappa shape index (κ1) is 19.8. The molecule has 3 atom stereocenters. The molecule has 1 heterocycles. The summed E-state index contributed by atoms with van der Waals surface area (Å²) < 4.78 is 5.72. The Morgan fingerprint density at radius 2 is 2.09 bits per heavy atom. The zero-order valence-corrected chi connectivity index (χ0v) is 15.3. The summed E-state index contributed by atoms with van der Waals surface area (Å²) in [5, 5.41) is 6.53. The highest BCUT2D eigenvalue weighted by Crippen LogP contribution is 2.22. The molecule has 1 saturated heterocycles. The Hall–Kier alpha value is -1.26. The lowest BCUT2D eigenvalue weighted by molar-refractivity contribution is -0.126. The minimum absolute atomic E-state index is 0. The molecule has 2 N–H and O–H groups in total. The lowest BCUT2D eigenvalue weighted by Crippen LogP contribution is -2.42. The number of halogens is 1.